The van der Waals surface area contributed by atoms with E-state index in [1.165, 1.54) is 0 Å². The first-order valence-corrected chi connectivity index (χ1v) is 11.9. The largest absolute Gasteiger partial charge is 0.416 e. The Hall–Kier alpha value is -2.99. The molecule has 2 aliphatic rings. The van der Waals surface area contributed by atoms with E-state index in [1.807, 2.05) is 30.3 Å². The minimum Gasteiger partial charge on any atom is -0.376 e. The summed E-state index contributed by atoms with van der Waals surface area (Å²) in [7, 11) is 1.78. The molecule has 6 nitrogen and oxygen atoms in total. The van der Waals surface area contributed by atoms with Crippen molar-refractivity contribution >= 4 is 0 Å². The summed E-state index contributed by atoms with van der Waals surface area (Å²) >= 11 is 0. The van der Waals surface area contributed by atoms with Crippen LogP contribution >= 0.6 is 0 Å². The zero-order valence-corrected chi connectivity index (χ0v) is 19.9. The fourth-order valence-corrected chi connectivity index (χ4v) is 5.71. The molecule has 0 unspecified atom stereocenters. The highest BCUT2D eigenvalue weighted by Crippen LogP contribution is 2.50. The molecule has 2 aliphatic heterocycles. The van der Waals surface area contributed by atoms with Crippen molar-refractivity contribution in [2.24, 2.45) is 7.05 Å². The quantitative estimate of drug-likeness (QED) is 0.459. The molecule has 2 fully saturated rings. The number of rotatable bonds is 6. The Bertz CT molecular complexity index is 1210. The number of piperidine rings is 1. The van der Waals surface area contributed by atoms with Gasteiger partial charge in [0.1, 0.15) is 0 Å². The molecule has 3 aromatic rings. The van der Waals surface area contributed by atoms with E-state index in [4.69, 9.17) is 4.74 Å². The molecule has 1 N–H and O–H groups in total. The molecular formula is C25H25F6N5O. The van der Waals surface area contributed by atoms with Crippen molar-refractivity contribution in [3.05, 3.63) is 76.6 Å². The fraction of sp³-hybridized carbons (Fsp3) is 0.480. The van der Waals surface area contributed by atoms with Crippen LogP contribution in [0.25, 0.3) is 0 Å². The van der Waals surface area contributed by atoms with Crippen molar-refractivity contribution in [2.75, 3.05) is 6.61 Å². The zero-order valence-electron chi connectivity index (χ0n) is 19.9. The molecule has 2 aromatic carbocycles. The highest BCUT2D eigenvalue weighted by molar-refractivity contribution is 5.34. The molecule has 2 saturated heterocycles. The number of fused-ring (bicyclic) bond motifs is 2. The summed E-state index contributed by atoms with van der Waals surface area (Å²) in [4.78, 5) is 0. The van der Waals surface area contributed by atoms with Crippen LogP contribution in [0.3, 0.4) is 0 Å². The van der Waals surface area contributed by atoms with Gasteiger partial charge in [-0.2, -0.15) is 26.3 Å². The highest BCUT2D eigenvalue weighted by Gasteiger charge is 2.55. The first-order chi connectivity index (χ1) is 17.5. The minimum absolute atomic E-state index is 0.0200. The first kappa shape index (κ1) is 25.7. The summed E-state index contributed by atoms with van der Waals surface area (Å²) in [5, 5.41) is 15.6. The molecule has 198 valence electrons. The van der Waals surface area contributed by atoms with E-state index in [2.05, 4.69) is 20.8 Å². The van der Waals surface area contributed by atoms with Gasteiger partial charge in [-0.1, -0.05) is 30.3 Å². The number of hydrogen-bond donors (Lipinski definition) is 1. The van der Waals surface area contributed by atoms with E-state index >= 15 is 0 Å². The zero-order chi connectivity index (χ0) is 26.4. The Kier molecular flexibility index (Phi) is 6.51. The van der Waals surface area contributed by atoms with Gasteiger partial charge in [-0.3, -0.25) is 0 Å². The monoisotopic (exact) mass is 525 g/mol. The maximum atomic E-state index is 13.2. The van der Waals surface area contributed by atoms with Crippen LogP contribution in [-0.4, -0.2) is 39.0 Å². The molecule has 37 heavy (non-hydrogen) atoms. The van der Waals surface area contributed by atoms with Crippen LogP contribution in [0.2, 0.25) is 0 Å². The van der Waals surface area contributed by atoms with Crippen LogP contribution in [-0.2, 0) is 36.1 Å². The first-order valence-electron chi connectivity index (χ1n) is 11.9. The second-order valence-electron chi connectivity index (χ2n) is 9.66. The maximum absolute atomic E-state index is 13.2. The van der Waals surface area contributed by atoms with Crippen LogP contribution in [0.15, 0.2) is 48.5 Å². The average molecular weight is 525 g/mol. The van der Waals surface area contributed by atoms with Gasteiger partial charge in [-0.25, -0.2) is 4.68 Å². The predicted octanol–water partition coefficient (Wildman–Crippen LogP) is 5.01. The fourth-order valence-electron chi connectivity index (χ4n) is 5.71. The number of ether oxygens (including phenoxy) is 1. The van der Waals surface area contributed by atoms with Gasteiger partial charge in [0.05, 0.1) is 29.4 Å². The van der Waals surface area contributed by atoms with Gasteiger partial charge in [0.25, 0.3) is 0 Å². The summed E-state index contributed by atoms with van der Waals surface area (Å²) < 4.78 is 87.4. The van der Waals surface area contributed by atoms with E-state index in [1.54, 1.807) is 11.7 Å². The molecule has 3 heterocycles. The molecule has 4 atom stereocenters. The lowest BCUT2D eigenvalue weighted by Crippen LogP contribution is -2.54. The third-order valence-electron chi connectivity index (χ3n) is 7.39. The number of nitrogens with one attached hydrogen (secondary N) is 1. The van der Waals surface area contributed by atoms with Gasteiger partial charge in [-0.05, 0) is 65.4 Å². The van der Waals surface area contributed by atoms with Crippen molar-refractivity contribution in [2.45, 2.75) is 61.6 Å². The average Bonchev–Trinajstić information content (AvgIpc) is 3.41. The van der Waals surface area contributed by atoms with E-state index in [0.717, 1.165) is 29.9 Å². The Balaban J connectivity index is 1.38. The highest BCUT2D eigenvalue weighted by atomic mass is 19.4. The van der Waals surface area contributed by atoms with Crippen LogP contribution in [0, 0.1) is 0 Å². The molecule has 2 bridgehead atoms. The lowest BCUT2D eigenvalue weighted by atomic mass is 9.80. The molecule has 5 rings (SSSR count). The summed E-state index contributed by atoms with van der Waals surface area (Å²) in [6, 6.07) is 11.5. The summed E-state index contributed by atoms with van der Waals surface area (Å²) in [5.41, 5.74) is -2.31. The SMILES string of the molecule is Cn1nnnc1[C@H]1C[C@@]2(c3ccccc3)N[C@@H]1CC[C@@H]2OCCc1cc(C(F)(F)F)cc(C(F)(F)F)c1. The Morgan fingerprint density at radius 3 is 2.27 bits per heavy atom. The molecule has 0 spiro atoms. The number of alkyl halides is 6. The van der Waals surface area contributed by atoms with E-state index in [0.29, 0.717) is 12.8 Å². The van der Waals surface area contributed by atoms with Gasteiger partial charge >= 0.3 is 12.4 Å². The number of benzene rings is 2. The molecule has 0 aliphatic carbocycles. The lowest BCUT2D eigenvalue weighted by molar-refractivity contribution is -0.143. The number of hydrogen-bond acceptors (Lipinski definition) is 5. The Labute approximate surface area is 209 Å². The molecule has 12 heteroatoms. The third-order valence-corrected chi connectivity index (χ3v) is 7.39. The molecule has 1 aromatic heterocycles. The maximum Gasteiger partial charge on any atom is 0.416 e. The van der Waals surface area contributed by atoms with Gasteiger partial charge < -0.3 is 10.1 Å². The molecule has 0 radical (unpaired) electrons. The van der Waals surface area contributed by atoms with E-state index < -0.39 is 29.0 Å². The van der Waals surface area contributed by atoms with Crippen molar-refractivity contribution in [1.82, 2.24) is 25.5 Å². The molecular weight excluding hydrogens is 500 g/mol. The van der Waals surface area contributed by atoms with E-state index in [-0.39, 0.29) is 42.7 Å². The van der Waals surface area contributed by atoms with E-state index in [9.17, 15) is 26.3 Å². The van der Waals surface area contributed by atoms with Crippen molar-refractivity contribution < 1.29 is 31.1 Å². The van der Waals surface area contributed by atoms with Crippen LogP contribution in [0.4, 0.5) is 26.3 Å². The second-order valence-corrected chi connectivity index (χ2v) is 9.66. The van der Waals surface area contributed by atoms with Gasteiger partial charge in [0, 0.05) is 19.0 Å². The number of nitrogens with zero attached hydrogens (tertiary/aromatic N) is 4. The van der Waals surface area contributed by atoms with Gasteiger partial charge in [-0.15, -0.1) is 5.10 Å². The summed E-state index contributed by atoms with van der Waals surface area (Å²) in [6.07, 6.45) is -8.13. The van der Waals surface area contributed by atoms with Crippen molar-refractivity contribution in [3.63, 3.8) is 0 Å². The number of aryl methyl sites for hydroxylation is 1. The number of aromatic nitrogens is 4. The summed E-state index contributed by atoms with van der Waals surface area (Å²) in [6.45, 7) is -0.0274. The van der Waals surface area contributed by atoms with Gasteiger partial charge in [0.2, 0.25) is 0 Å². The molecule has 0 amide bonds. The normalized spacial score (nSPS) is 26.0. The number of tetrazole rings is 1. The minimum atomic E-state index is -4.88. The van der Waals surface area contributed by atoms with Crippen LogP contribution in [0.5, 0.6) is 0 Å². The smallest absolute Gasteiger partial charge is 0.376 e. The van der Waals surface area contributed by atoms with Crippen molar-refractivity contribution in [3.8, 4) is 0 Å². The number of halogens is 6. The standard InChI is InChI=1S/C25H25F6N5O/c1-36-22(33-34-35-36)19-14-23(16-5-3-2-4-6-16)21(8-7-20(19)32-23)37-10-9-15-11-17(24(26,27)28)13-18(12-15)25(29,30)31/h2-6,11-13,19-21,32H,7-10,14H2,1H3/t19-,20+,21-,23-/m0/s1. The lowest BCUT2D eigenvalue weighted by Gasteiger charge is -2.42. The molecule has 0 saturated carbocycles. The summed E-state index contributed by atoms with van der Waals surface area (Å²) in [5.74, 6) is 0.770. The predicted molar refractivity (Wildman–Crippen MR) is 120 cm³/mol. The third kappa shape index (κ3) is 4.96. The Morgan fingerprint density at radius 2 is 1.68 bits per heavy atom. The van der Waals surface area contributed by atoms with Crippen LogP contribution in [0.1, 0.15) is 53.3 Å². The topological polar surface area (TPSA) is 64.9 Å². The van der Waals surface area contributed by atoms with Gasteiger partial charge in [0.15, 0.2) is 5.82 Å². The Morgan fingerprint density at radius 1 is 1.00 bits per heavy atom. The van der Waals surface area contributed by atoms with Crippen LogP contribution < -0.4 is 5.32 Å². The van der Waals surface area contributed by atoms with Crippen molar-refractivity contribution in [1.29, 1.82) is 0 Å². The second kappa shape index (κ2) is 9.39.